The first-order valence-corrected chi connectivity index (χ1v) is 6.97. The minimum atomic E-state index is -0.0713. The number of nitrogens with one attached hydrogen (secondary N) is 2. The maximum Gasteiger partial charge on any atom is 0.321 e. The highest BCUT2D eigenvalue weighted by Gasteiger charge is 2.17. The SMILES string of the molecule is Cc1cc(Br)c(Cl)cc1NC(=O)N1CCNCC1. The van der Waals surface area contributed by atoms with E-state index in [2.05, 4.69) is 26.6 Å². The number of carbonyl (C=O) groups is 1. The third kappa shape index (κ3) is 3.16. The zero-order valence-corrected chi connectivity index (χ0v) is 12.4. The summed E-state index contributed by atoms with van der Waals surface area (Å²) in [5.74, 6) is 0. The Morgan fingerprint density at radius 1 is 1.44 bits per heavy atom. The largest absolute Gasteiger partial charge is 0.322 e. The Labute approximate surface area is 120 Å². The molecule has 1 saturated heterocycles. The highest BCUT2D eigenvalue weighted by Crippen LogP contribution is 2.29. The van der Waals surface area contributed by atoms with Gasteiger partial charge in [0.25, 0.3) is 0 Å². The summed E-state index contributed by atoms with van der Waals surface area (Å²) in [5.41, 5.74) is 1.74. The van der Waals surface area contributed by atoms with Gasteiger partial charge in [0.1, 0.15) is 0 Å². The van der Waals surface area contributed by atoms with Crippen molar-refractivity contribution in [3.05, 3.63) is 27.2 Å². The van der Waals surface area contributed by atoms with Gasteiger partial charge in [-0.3, -0.25) is 0 Å². The van der Waals surface area contributed by atoms with Crippen LogP contribution in [0.2, 0.25) is 5.02 Å². The van der Waals surface area contributed by atoms with Crippen molar-refractivity contribution in [3.63, 3.8) is 0 Å². The van der Waals surface area contributed by atoms with Crippen LogP contribution in [0.15, 0.2) is 16.6 Å². The first kappa shape index (κ1) is 13.6. The van der Waals surface area contributed by atoms with E-state index in [9.17, 15) is 4.79 Å². The van der Waals surface area contributed by atoms with Crippen LogP contribution in [0.1, 0.15) is 5.56 Å². The summed E-state index contributed by atoms with van der Waals surface area (Å²) >= 11 is 9.39. The fourth-order valence-corrected chi connectivity index (χ4v) is 2.46. The Bertz CT molecular complexity index is 461. The summed E-state index contributed by atoms with van der Waals surface area (Å²) in [6.07, 6.45) is 0. The van der Waals surface area contributed by atoms with E-state index in [0.717, 1.165) is 41.9 Å². The fourth-order valence-electron chi connectivity index (χ4n) is 1.84. The zero-order chi connectivity index (χ0) is 13.1. The van der Waals surface area contributed by atoms with E-state index in [1.54, 1.807) is 11.0 Å². The van der Waals surface area contributed by atoms with Gasteiger partial charge in [0.2, 0.25) is 0 Å². The second-order valence-corrected chi connectivity index (χ2v) is 5.51. The van der Waals surface area contributed by atoms with Crippen molar-refractivity contribution in [3.8, 4) is 0 Å². The Kier molecular flexibility index (Phi) is 4.48. The van der Waals surface area contributed by atoms with Gasteiger partial charge in [0, 0.05) is 36.3 Å². The molecular formula is C12H15BrClN3O. The molecule has 2 N–H and O–H groups in total. The molecule has 1 aliphatic rings. The highest BCUT2D eigenvalue weighted by molar-refractivity contribution is 9.10. The van der Waals surface area contributed by atoms with Crippen LogP contribution in [0, 0.1) is 6.92 Å². The Morgan fingerprint density at radius 3 is 2.78 bits per heavy atom. The quantitative estimate of drug-likeness (QED) is 0.830. The second kappa shape index (κ2) is 5.91. The number of benzene rings is 1. The molecule has 1 aromatic carbocycles. The molecular weight excluding hydrogens is 318 g/mol. The molecule has 0 unspecified atom stereocenters. The number of urea groups is 1. The summed E-state index contributed by atoms with van der Waals surface area (Å²) in [7, 11) is 0. The smallest absolute Gasteiger partial charge is 0.321 e. The molecule has 0 spiro atoms. The van der Waals surface area contributed by atoms with Crippen LogP contribution in [0.25, 0.3) is 0 Å². The van der Waals surface area contributed by atoms with E-state index in [1.165, 1.54) is 0 Å². The molecule has 6 heteroatoms. The van der Waals surface area contributed by atoms with Crippen molar-refractivity contribution in [2.45, 2.75) is 6.92 Å². The van der Waals surface area contributed by atoms with Crippen LogP contribution in [0.3, 0.4) is 0 Å². The molecule has 1 aliphatic heterocycles. The molecule has 2 amide bonds. The molecule has 0 aromatic heterocycles. The minimum absolute atomic E-state index is 0.0713. The second-order valence-electron chi connectivity index (χ2n) is 4.25. The van der Waals surface area contributed by atoms with Crippen molar-refractivity contribution in [2.24, 2.45) is 0 Å². The third-order valence-electron chi connectivity index (χ3n) is 2.91. The maximum atomic E-state index is 12.0. The standard InChI is InChI=1S/C12H15BrClN3O/c1-8-6-9(13)10(14)7-11(8)16-12(18)17-4-2-15-3-5-17/h6-7,15H,2-5H2,1H3,(H,16,18). The number of rotatable bonds is 1. The van der Waals surface area contributed by atoms with E-state index in [1.807, 2.05) is 13.0 Å². The van der Waals surface area contributed by atoms with E-state index >= 15 is 0 Å². The number of aryl methyl sites for hydroxylation is 1. The van der Waals surface area contributed by atoms with Gasteiger partial charge in [-0.25, -0.2) is 4.79 Å². The molecule has 2 rings (SSSR count). The molecule has 1 heterocycles. The lowest BCUT2D eigenvalue weighted by Gasteiger charge is -2.27. The number of anilines is 1. The van der Waals surface area contributed by atoms with E-state index in [-0.39, 0.29) is 6.03 Å². The van der Waals surface area contributed by atoms with Crippen molar-refractivity contribution in [1.29, 1.82) is 0 Å². The Morgan fingerprint density at radius 2 is 2.11 bits per heavy atom. The lowest BCUT2D eigenvalue weighted by atomic mass is 10.2. The third-order valence-corrected chi connectivity index (χ3v) is 4.11. The van der Waals surface area contributed by atoms with E-state index < -0.39 is 0 Å². The number of piperazine rings is 1. The average Bonchev–Trinajstić information content (AvgIpc) is 2.37. The topological polar surface area (TPSA) is 44.4 Å². The molecule has 18 heavy (non-hydrogen) atoms. The van der Waals surface area contributed by atoms with Crippen molar-refractivity contribution < 1.29 is 4.79 Å². The van der Waals surface area contributed by atoms with Crippen molar-refractivity contribution >= 4 is 39.2 Å². The number of hydrogen-bond donors (Lipinski definition) is 2. The first-order chi connectivity index (χ1) is 8.58. The molecule has 4 nitrogen and oxygen atoms in total. The van der Waals surface area contributed by atoms with Crippen LogP contribution < -0.4 is 10.6 Å². The summed E-state index contributed by atoms with van der Waals surface area (Å²) < 4.78 is 0.835. The molecule has 0 saturated carbocycles. The van der Waals surface area contributed by atoms with Crippen LogP contribution in [0.4, 0.5) is 10.5 Å². The van der Waals surface area contributed by atoms with Crippen molar-refractivity contribution in [1.82, 2.24) is 10.2 Å². The Balaban J connectivity index is 2.08. The predicted molar refractivity (Wildman–Crippen MR) is 77.4 cm³/mol. The van der Waals surface area contributed by atoms with Gasteiger partial charge in [-0.05, 0) is 40.5 Å². The van der Waals surface area contributed by atoms with Gasteiger partial charge in [0.05, 0.1) is 5.02 Å². The maximum absolute atomic E-state index is 12.0. The van der Waals surface area contributed by atoms with Crippen molar-refractivity contribution in [2.75, 3.05) is 31.5 Å². The van der Waals surface area contributed by atoms with Gasteiger partial charge in [-0.2, -0.15) is 0 Å². The van der Waals surface area contributed by atoms with Crippen LogP contribution in [-0.2, 0) is 0 Å². The number of halogens is 2. The van der Waals surface area contributed by atoms with Crippen LogP contribution >= 0.6 is 27.5 Å². The number of amides is 2. The molecule has 0 atom stereocenters. The predicted octanol–water partition coefficient (Wildman–Crippen LogP) is 2.85. The monoisotopic (exact) mass is 331 g/mol. The van der Waals surface area contributed by atoms with Gasteiger partial charge in [0.15, 0.2) is 0 Å². The lowest BCUT2D eigenvalue weighted by molar-refractivity contribution is 0.204. The van der Waals surface area contributed by atoms with Gasteiger partial charge < -0.3 is 15.5 Å². The minimum Gasteiger partial charge on any atom is -0.322 e. The average molecular weight is 333 g/mol. The van der Waals surface area contributed by atoms with E-state index in [4.69, 9.17) is 11.6 Å². The molecule has 1 fully saturated rings. The molecule has 0 bridgehead atoms. The van der Waals surface area contributed by atoms with Crippen LogP contribution in [0.5, 0.6) is 0 Å². The first-order valence-electron chi connectivity index (χ1n) is 5.80. The summed E-state index contributed by atoms with van der Waals surface area (Å²) in [5, 5.41) is 6.71. The summed E-state index contributed by atoms with van der Waals surface area (Å²) in [4.78, 5) is 13.8. The zero-order valence-electron chi connectivity index (χ0n) is 10.1. The van der Waals surface area contributed by atoms with Crippen LogP contribution in [-0.4, -0.2) is 37.1 Å². The fraction of sp³-hybridized carbons (Fsp3) is 0.417. The molecule has 1 aromatic rings. The molecule has 0 radical (unpaired) electrons. The summed E-state index contributed by atoms with van der Waals surface area (Å²) in [6, 6.07) is 3.59. The normalized spacial score (nSPS) is 15.6. The molecule has 0 aliphatic carbocycles. The Hall–Kier alpha value is -0.780. The van der Waals surface area contributed by atoms with Gasteiger partial charge in [-0.1, -0.05) is 11.6 Å². The number of nitrogens with zero attached hydrogens (tertiary/aromatic N) is 1. The molecule has 98 valence electrons. The summed E-state index contributed by atoms with van der Waals surface area (Å²) in [6.45, 7) is 5.08. The van der Waals surface area contributed by atoms with Gasteiger partial charge >= 0.3 is 6.03 Å². The van der Waals surface area contributed by atoms with Gasteiger partial charge in [-0.15, -0.1) is 0 Å². The lowest BCUT2D eigenvalue weighted by Crippen LogP contribution is -2.48. The van der Waals surface area contributed by atoms with E-state index in [0.29, 0.717) is 5.02 Å². The number of hydrogen-bond acceptors (Lipinski definition) is 2. The number of carbonyl (C=O) groups excluding carboxylic acids is 1. The highest BCUT2D eigenvalue weighted by atomic mass is 79.9.